The topological polar surface area (TPSA) is 108 Å². The second-order valence-electron chi connectivity index (χ2n) is 7.63. The second-order valence-corrected chi connectivity index (χ2v) is 7.63. The van der Waals surface area contributed by atoms with E-state index >= 15 is 0 Å². The van der Waals surface area contributed by atoms with Crippen molar-refractivity contribution in [2.75, 3.05) is 26.9 Å². The van der Waals surface area contributed by atoms with Crippen molar-refractivity contribution < 1.29 is 28.7 Å². The van der Waals surface area contributed by atoms with Gasteiger partial charge in [-0.1, -0.05) is 12.8 Å². The van der Waals surface area contributed by atoms with Crippen molar-refractivity contribution in [1.82, 2.24) is 4.90 Å². The van der Waals surface area contributed by atoms with Gasteiger partial charge in [0.1, 0.15) is 5.56 Å². The highest BCUT2D eigenvalue weighted by Crippen LogP contribution is 2.36. The normalized spacial score (nSPS) is 20.8. The zero-order chi connectivity index (χ0) is 21.7. The molecule has 1 aromatic rings. The number of nitro groups is 1. The minimum Gasteiger partial charge on any atom is -0.493 e. The van der Waals surface area contributed by atoms with E-state index in [1.54, 1.807) is 6.92 Å². The molecule has 164 valence electrons. The van der Waals surface area contributed by atoms with Crippen molar-refractivity contribution in [2.24, 2.45) is 5.92 Å². The largest absolute Gasteiger partial charge is 0.493 e. The molecule has 3 rings (SSSR count). The molecule has 1 heterocycles. The minimum atomic E-state index is -0.936. The Labute approximate surface area is 175 Å². The molecule has 0 spiro atoms. The summed E-state index contributed by atoms with van der Waals surface area (Å²) in [6.07, 6.45) is 6.48. The van der Waals surface area contributed by atoms with Crippen LogP contribution < -0.4 is 9.47 Å². The molecule has 0 bridgehead atoms. The highest BCUT2D eigenvalue weighted by molar-refractivity contribution is 5.96. The van der Waals surface area contributed by atoms with E-state index in [1.165, 1.54) is 19.6 Å². The van der Waals surface area contributed by atoms with Crippen LogP contribution in [0.2, 0.25) is 0 Å². The number of carbonyl (C=O) groups excluding carboxylic acids is 2. The third kappa shape index (κ3) is 4.66. The molecule has 0 radical (unpaired) electrons. The molecule has 9 heteroatoms. The summed E-state index contributed by atoms with van der Waals surface area (Å²) < 4.78 is 15.7. The van der Waals surface area contributed by atoms with Gasteiger partial charge in [-0.3, -0.25) is 14.9 Å². The first kappa shape index (κ1) is 21.9. The third-order valence-electron chi connectivity index (χ3n) is 5.89. The number of hydrogen-bond donors (Lipinski definition) is 0. The van der Waals surface area contributed by atoms with Crippen LogP contribution in [0.5, 0.6) is 11.5 Å². The van der Waals surface area contributed by atoms with Crippen LogP contribution in [-0.4, -0.2) is 54.6 Å². The van der Waals surface area contributed by atoms with Gasteiger partial charge in [0, 0.05) is 18.7 Å². The Morgan fingerprint density at radius 2 is 1.90 bits per heavy atom. The Morgan fingerprint density at radius 1 is 1.17 bits per heavy atom. The van der Waals surface area contributed by atoms with Crippen LogP contribution in [0, 0.1) is 16.0 Å². The molecular weight excluding hydrogens is 392 g/mol. The molecule has 1 saturated carbocycles. The van der Waals surface area contributed by atoms with Gasteiger partial charge in [-0.25, -0.2) is 4.79 Å². The molecule has 1 saturated heterocycles. The second kappa shape index (κ2) is 9.77. The lowest BCUT2D eigenvalue weighted by Crippen LogP contribution is -2.50. The van der Waals surface area contributed by atoms with E-state index in [2.05, 4.69) is 0 Å². The molecule has 1 aliphatic heterocycles. The van der Waals surface area contributed by atoms with Crippen molar-refractivity contribution >= 4 is 17.6 Å². The van der Waals surface area contributed by atoms with E-state index in [1.807, 2.05) is 4.90 Å². The number of benzene rings is 1. The van der Waals surface area contributed by atoms with Gasteiger partial charge in [0.05, 0.1) is 24.7 Å². The van der Waals surface area contributed by atoms with Gasteiger partial charge in [-0.05, 0) is 38.5 Å². The zero-order valence-corrected chi connectivity index (χ0v) is 17.4. The summed E-state index contributed by atoms with van der Waals surface area (Å²) in [7, 11) is 1.37. The SMILES string of the molecule is CCOc1cc([N+](=O)[O-])c(C(=O)OCC(=O)N2CCC[C@H]3CCCC[C@@H]32)cc1OC. The quantitative estimate of drug-likeness (QED) is 0.378. The standard InChI is InChI=1S/C21H28N2O7/c1-3-29-19-12-17(23(26)27)15(11-18(19)28-2)21(25)30-13-20(24)22-10-6-8-14-7-4-5-9-16(14)22/h11-12,14,16H,3-10,13H2,1-2H3/t14-,16+/m1/s1. The number of likely N-dealkylation sites (tertiary alicyclic amines) is 1. The summed E-state index contributed by atoms with van der Waals surface area (Å²) in [5.41, 5.74) is -0.732. The number of nitro benzene ring substituents is 1. The van der Waals surface area contributed by atoms with Gasteiger partial charge >= 0.3 is 5.97 Å². The Kier molecular flexibility index (Phi) is 7.12. The fourth-order valence-electron chi connectivity index (χ4n) is 4.51. The molecule has 2 aliphatic rings. The van der Waals surface area contributed by atoms with E-state index in [9.17, 15) is 19.7 Å². The van der Waals surface area contributed by atoms with Crippen LogP contribution in [-0.2, 0) is 9.53 Å². The number of rotatable bonds is 7. The Hall–Kier alpha value is -2.84. The summed E-state index contributed by atoms with van der Waals surface area (Å²) >= 11 is 0. The summed E-state index contributed by atoms with van der Waals surface area (Å²) in [5.74, 6) is -0.324. The Bertz CT molecular complexity index is 809. The van der Waals surface area contributed by atoms with E-state index in [0.717, 1.165) is 38.2 Å². The number of nitrogens with zero attached hydrogens (tertiary/aromatic N) is 2. The maximum Gasteiger partial charge on any atom is 0.345 e. The predicted molar refractivity (Wildman–Crippen MR) is 108 cm³/mol. The summed E-state index contributed by atoms with van der Waals surface area (Å²) in [5, 5.41) is 11.5. The predicted octanol–water partition coefficient (Wildman–Crippen LogP) is 3.34. The molecule has 0 N–H and O–H groups in total. The van der Waals surface area contributed by atoms with E-state index in [-0.39, 0.29) is 35.6 Å². The zero-order valence-electron chi connectivity index (χ0n) is 17.4. The summed E-state index contributed by atoms with van der Waals surface area (Å²) in [4.78, 5) is 37.9. The van der Waals surface area contributed by atoms with Gasteiger partial charge in [0.15, 0.2) is 18.1 Å². The first-order valence-electron chi connectivity index (χ1n) is 10.4. The third-order valence-corrected chi connectivity index (χ3v) is 5.89. The van der Waals surface area contributed by atoms with Crippen LogP contribution >= 0.6 is 0 Å². The van der Waals surface area contributed by atoms with Crippen molar-refractivity contribution in [3.8, 4) is 11.5 Å². The highest BCUT2D eigenvalue weighted by Gasteiger charge is 2.36. The number of amides is 1. The molecule has 0 aromatic heterocycles. The molecule has 1 aromatic carbocycles. The van der Waals surface area contributed by atoms with Gasteiger partial charge in [0.2, 0.25) is 0 Å². The van der Waals surface area contributed by atoms with Crippen molar-refractivity contribution in [1.29, 1.82) is 0 Å². The lowest BCUT2D eigenvalue weighted by atomic mass is 9.78. The molecule has 1 aliphatic carbocycles. The molecule has 2 atom stereocenters. The number of carbonyl (C=O) groups is 2. The number of ether oxygens (including phenoxy) is 3. The average molecular weight is 420 g/mol. The van der Waals surface area contributed by atoms with Crippen LogP contribution in [0.25, 0.3) is 0 Å². The molecule has 30 heavy (non-hydrogen) atoms. The highest BCUT2D eigenvalue weighted by atomic mass is 16.6. The fraction of sp³-hybridized carbons (Fsp3) is 0.619. The van der Waals surface area contributed by atoms with Crippen molar-refractivity contribution in [2.45, 2.75) is 51.5 Å². The van der Waals surface area contributed by atoms with Crippen LogP contribution in [0.15, 0.2) is 12.1 Å². The minimum absolute atomic E-state index is 0.163. The van der Waals surface area contributed by atoms with Crippen LogP contribution in [0.4, 0.5) is 5.69 Å². The maximum atomic E-state index is 12.7. The van der Waals surface area contributed by atoms with E-state index in [4.69, 9.17) is 14.2 Å². The smallest absolute Gasteiger partial charge is 0.345 e. The van der Waals surface area contributed by atoms with Gasteiger partial charge < -0.3 is 19.1 Å². The summed E-state index contributed by atoms with van der Waals surface area (Å²) in [6.45, 7) is 2.24. The monoisotopic (exact) mass is 420 g/mol. The number of methoxy groups -OCH3 is 1. The van der Waals surface area contributed by atoms with Gasteiger partial charge in [-0.15, -0.1) is 0 Å². The fourth-order valence-corrected chi connectivity index (χ4v) is 4.51. The molecule has 0 unspecified atom stereocenters. The first-order chi connectivity index (χ1) is 14.5. The Balaban J connectivity index is 1.72. The lowest BCUT2D eigenvalue weighted by molar-refractivity contribution is -0.385. The van der Waals surface area contributed by atoms with Gasteiger partial charge in [0.25, 0.3) is 11.6 Å². The molecule has 2 fully saturated rings. The number of fused-ring (bicyclic) bond motifs is 1. The number of piperidine rings is 1. The Morgan fingerprint density at radius 3 is 2.60 bits per heavy atom. The number of hydrogen-bond acceptors (Lipinski definition) is 7. The number of esters is 1. The van der Waals surface area contributed by atoms with Crippen LogP contribution in [0.1, 0.15) is 55.8 Å². The lowest BCUT2D eigenvalue weighted by Gasteiger charge is -2.44. The molecular formula is C21H28N2O7. The molecule has 1 amide bonds. The van der Waals surface area contributed by atoms with Crippen molar-refractivity contribution in [3.63, 3.8) is 0 Å². The average Bonchev–Trinajstić information content (AvgIpc) is 2.76. The maximum absolute atomic E-state index is 12.7. The van der Waals surface area contributed by atoms with E-state index < -0.39 is 23.2 Å². The molecule has 9 nitrogen and oxygen atoms in total. The van der Waals surface area contributed by atoms with Crippen molar-refractivity contribution in [3.05, 3.63) is 27.8 Å². The summed E-state index contributed by atoms with van der Waals surface area (Å²) in [6, 6.07) is 2.56. The van der Waals surface area contributed by atoms with E-state index in [0.29, 0.717) is 12.5 Å². The first-order valence-corrected chi connectivity index (χ1v) is 10.4. The van der Waals surface area contributed by atoms with Crippen LogP contribution in [0.3, 0.4) is 0 Å². The van der Waals surface area contributed by atoms with Gasteiger partial charge in [-0.2, -0.15) is 0 Å².